The molecule has 1 aliphatic carbocycles. The Morgan fingerprint density at radius 2 is 2.10 bits per heavy atom. The van der Waals surface area contributed by atoms with Crippen molar-refractivity contribution in [2.24, 2.45) is 0 Å². The summed E-state index contributed by atoms with van der Waals surface area (Å²) in [6, 6.07) is 2.82. The van der Waals surface area contributed by atoms with Crippen LogP contribution >= 0.6 is 11.6 Å². The molecule has 1 fully saturated rings. The fraction of sp³-hybridized carbons (Fsp3) is 0.500. The molecule has 1 aromatic carbocycles. The molecule has 0 bridgehead atoms. The maximum atomic E-state index is 12.6. The highest BCUT2D eigenvalue weighted by atomic mass is 35.5. The number of rotatable bonds is 4. The van der Waals surface area contributed by atoms with Gasteiger partial charge in [-0.05, 0) is 25.8 Å². The van der Waals surface area contributed by atoms with E-state index in [0.29, 0.717) is 6.54 Å². The molecule has 114 valence electrons. The summed E-state index contributed by atoms with van der Waals surface area (Å²) in [7, 11) is 0. The van der Waals surface area contributed by atoms with Gasteiger partial charge in [0.15, 0.2) is 0 Å². The van der Waals surface area contributed by atoms with Gasteiger partial charge in [-0.1, -0.05) is 24.4 Å². The number of halogens is 1. The van der Waals surface area contributed by atoms with Gasteiger partial charge < -0.3 is 10.6 Å². The zero-order valence-corrected chi connectivity index (χ0v) is 12.6. The summed E-state index contributed by atoms with van der Waals surface area (Å²) in [6.45, 7) is 2.48. The Morgan fingerprint density at radius 3 is 2.62 bits per heavy atom. The van der Waals surface area contributed by atoms with Crippen molar-refractivity contribution >= 4 is 28.9 Å². The summed E-state index contributed by atoms with van der Waals surface area (Å²) in [5.74, 6) is -0.227. The number of hydrogen-bond acceptors (Lipinski definition) is 4. The van der Waals surface area contributed by atoms with Crippen LogP contribution in [0.5, 0.6) is 0 Å². The Morgan fingerprint density at radius 1 is 1.48 bits per heavy atom. The molecular weight excluding hydrogens is 294 g/mol. The molecule has 0 aliphatic heterocycles. The van der Waals surface area contributed by atoms with E-state index >= 15 is 0 Å². The van der Waals surface area contributed by atoms with Gasteiger partial charge in [0.2, 0.25) is 0 Å². The molecule has 0 saturated heterocycles. The first-order chi connectivity index (χ1) is 9.95. The first-order valence-electron chi connectivity index (χ1n) is 7.00. The van der Waals surface area contributed by atoms with Crippen LogP contribution in [-0.4, -0.2) is 28.3 Å². The summed E-state index contributed by atoms with van der Waals surface area (Å²) in [5, 5.41) is 11.0. The van der Waals surface area contributed by atoms with Gasteiger partial charge in [-0.3, -0.25) is 14.9 Å². The van der Waals surface area contributed by atoms with Crippen LogP contribution in [0.3, 0.4) is 0 Å². The maximum Gasteiger partial charge on any atom is 0.294 e. The van der Waals surface area contributed by atoms with E-state index in [-0.39, 0.29) is 33.9 Å². The quantitative estimate of drug-likeness (QED) is 0.525. The Labute approximate surface area is 128 Å². The summed E-state index contributed by atoms with van der Waals surface area (Å²) >= 11 is 5.91. The number of carbonyl (C=O) groups is 1. The molecule has 6 nitrogen and oxygen atoms in total. The molecule has 0 unspecified atom stereocenters. The third-order valence-electron chi connectivity index (χ3n) is 3.92. The van der Waals surface area contributed by atoms with Gasteiger partial charge in [-0.25, -0.2) is 0 Å². The first-order valence-corrected chi connectivity index (χ1v) is 7.37. The molecule has 2 rings (SSSR count). The molecule has 21 heavy (non-hydrogen) atoms. The number of nitrogens with zero attached hydrogens (tertiary/aromatic N) is 2. The van der Waals surface area contributed by atoms with Gasteiger partial charge in [0.1, 0.15) is 5.69 Å². The summed E-state index contributed by atoms with van der Waals surface area (Å²) in [6.07, 6.45) is 4.17. The van der Waals surface area contributed by atoms with E-state index in [2.05, 4.69) is 0 Å². The molecule has 1 aliphatic rings. The third kappa shape index (κ3) is 3.10. The second-order valence-corrected chi connectivity index (χ2v) is 5.58. The largest absolute Gasteiger partial charge is 0.392 e. The number of hydrogen-bond donors (Lipinski definition) is 1. The lowest BCUT2D eigenvalue weighted by atomic mass is 10.1. The Balaban J connectivity index is 2.35. The number of amides is 1. The number of nitrogens with two attached hydrogens (primary N) is 1. The fourth-order valence-electron chi connectivity index (χ4n) is 2.83. The molecule has 1 amide bonds. The van der Waals surface area contributed by atoms with E-state index < -0.39 is 4.92 Å². The molecule has 1 aromatic rings. The molecule has 0 heterocycles. The number of nitrogen functional groups attached to an aromatic ring is 1. The van der Waals surface area contributed by atoms with Gasteiger partial charge in [0.25, 0.3) is 11.6 Å². The number of nitro groups is 1. The molecule has 0 spiro atoms. The van der Waals surface area contributed by atoms with Gasteiger partial charge in [0.05, 0.1) is 9.95 Å². The van der Waals surface area contributed by atoms with E-state index in [0.717, 1.165) is 25.7 Å². The van der Waals surface area contributed by atoms with Crippen molar-refractivity contribution in [2.75, 3.05) is 12.3 Å². The van der Waals surface area contributed by atoms with Crippen LogP contribution in [0.15, 0.2) is 12.1 Å². The normalized spacial score (nSPS) is 15.1. The lowest BCUT2D eigenvalue weighted by Gasteiger charge is -2.27. The van der Waals surface area contributed by atoms with Gasteiger partial charge in [-0.15, -0.1) is 0 Å². The van der Waals surface area contributed by atoms with E-state index in [1.165, 1.54) is 12.1 Å². The van der Waals surface area contributed by atoms with E-state index in [1.54, 1.807) is 4.90 Å². The van der Waals surface area contributed by atoms with E-state index in [4.69, 9.17) is 17.3 Å². The lowest BCUT2D eigenvalue weighted by molar-refractivity contribution is -0.383. The van der Waals surface area contributed by atoms with Crippen LogP contribution in [0.1, 0.15) is 43.0 Å². The van der Waals surface area contributed by atoms with Crippen LogP contribution in [0.4, 0.5) is 11.4 Å². The van der Waals surface area contributed by atoms with Crippen LogP contribution in [0, 0.1) is 10.1 Å². The van der Waals surface area contributed by atoms with E-state index in [1.807, 2.05) is 6.92 Å². The summed E-state index contributed by atoms with van der Waals surface area (Å²) in [4.78, 5) is 24.7. The van der Waals surface area contributed by atoms with Crippen LogP contribution < -0.4 is 5.73 Å². The van der Waals surface area contributed by atoms with Crippen molar-refractivity contribution < 1.29 is 9.72 Å². The number of carbonyl (C=O) groups excluding carboxylic acids is 1. The second-order valence-electron chi connectivity index (χ2n) is 5.18. The van der Waals surface area contributed by atoms with Crippen LogP contribution in [0.25, 0.3) is 0 Å². The SMILES string of the molecule is CCN(C(=O)c1cc(Cl)c(N)c([N+](=O)[O-])c1)C1CCCC1. The van der Waals surface area contributed by atoms with Crippen molar-refractivity contribution in [3.63, 3.8) is 0 Å². The molecular formula is C14H18ClN3O3. The monoisotopic (exact) mass is 311 g/mol. The standard InChI is InChI=1S/C14H18ClN3O3/c1-2-17(10-5-3-4-6-10)14(19)9-7-11(15)13(16)12(8-9)18(20)21/h7-8,10H,2-6,16H2,1H3. The fourth-order valence-corrected chi connectivity index (χ4v) is 3.04. The predicted molar refractivity (Wildman–Crippen MR) is 81.5 cm³/mol. The van der Waals surface area contributed by atoms with Gasteiger partial charge in [-0.2, -0.15) is 0 Å². The zero-order chi connectivity index (χ0) is 15.6. The highest BCUT2D eigenvalue weighted by Crippen LogP contribution is 2.32. The van der Waals surface area contributed by atoms with Crippen molar-refractivity contribution in [2.45, 2.75) is 38.6 Å². The number of benzene rings is 1. The van der Waals surface area contributed by atoms with Crippen LogP contribution in [-0.2, 0) is 0 Å². The minimum absolute atomic E-state index is 0.0371. The average Bonchev–Trinajstić information content (AvgIpc) is 2.96. The highest BCUT2D eigenvalue weighted by Gasteiger charge is 2.28. The Kier molecular flexibility index (Phi) is 4.67. The van der Waals surface area contributed by atoms with E-state index in [9.17, 15) is 14.9 Å². The van der Waals surface area contributed by atoms with Crippen molar-refractivity contribution in [1.82, 2.24) is 4.90 Å². The summed E-state index contributed by atoms with van der Waals surface area (Å²) in [5.41, 5.74) is 5.37. The molecule has 7 heteroatoms. The summed E-state index contributed by atoms with van der Waals surface area (Å²) < 4.78 is 0. The molecule has 1 saturated carbocycles. The average molecular weight is 312 g/mol. The van der Waals surface area contributed by atoms with Crippen molar-refractivity contribution in [3.05, 3.63) is 32.8 Å². The zero-order valence-electron chi connectivity index (χ0n) is 11.8. The number of anilines is 1. The Hall–Kier alpha value is -1.82. The smallest absolute Gasteiger partial charge is 0.294 e. The van der Waals surface area contributed by atoms with Gasteiger partial charge in [0, 0.05) is 24.2 Å². The predicted octanol–water partition coefficient (Wildman–Crippen LogP) is 3.24. The topological polar surface area (TPSA) is 89.5 Å². The lowest BCUT2D eigenvalue weighted by Crippen LogP contribution is -2.38. The van der Waals surface area contributed by atoms with Gasteiger partial charge >= 0.3 is 0 Å². The molecule has 2 N–H and O–H groups in total. The van der Waals surface area contributed by atoms with Crippen LogP contribution in [0.2, 0.25) is 5.02 Å². The maximum absolute atomic E-state index is 12.6. The Bertz CT molecular complexity index is 571. The minimum Gasteiger partial charge on any atom is -0.392 e. The second kappa shape index (κ2) is 6.30. The molecule has 0 atom stereocenters. The van der Waals surface area contributed by atoms with Crippen molar-refractivity contribution in [1.29, 1.82) is 0 Å². The first kappa shape index (κ1) is 15.6. The number of nitro benzene ring substituents is 1. The molecule has 0 aromatic heterocycles. The highest BCUT2D eigenvalue weighted by molar-refractivity contribution is 6.34. The third-order valence-corrected chi connectivity index (χ3v) is 4.23. The molecule has 0 radical (unpaired) electrons. The van der Waals surface area contributed by atoms with Crippen molar-refractivity contribution in [3.8, 4) is 0 Å². The minimum atomic E-state index is -0.621.